The van der Waals surface area contributed by atoms with Crippen LogP contribution in [0.4, 0.5) is 8.78 Å². The Morgan fingerprint density at radius 2 is 1.75 bits per heavy atom. The third-order valence-electron chi connectivity index (χ3n) is 13.5. The summed E-state index contributed by atoms with van der Waals surface area (Å²) in [7, 11) is 0. The molecule has 0 radical (unpaired) electrons. The van der Waals surface area contributed by atoms with Gasteiger partial charge >= 0.3 is 11.9 Å². The van der Waals surface area contributed by atoms with Gasteiger partial charge < -0.3 is 14.9 Å². The summed E-state index contributed by atoms with van der Waals surface area (Å²) in [6.45, 7) is 17.7. The molecule has 0 unspecified atom stereocenters. The van der Waals surface area contributed by atoms with Crippen LogP contribution in [0.3, 0.4) is 0 Å². The number of carboxylic acids is 1. The number of aliphatic hydroxyl groups is 1. The minimum Gasteiger partial charge on any atom is -0.478 e. The Labute approximate surface area is 332 Å². The lowest BCUT2D eigenvalue weighted by Gasteiger charge is -2.62. The molecule has 0 amide bonds. The topological polar surface area (TPSA) is 118 Å². The van der Waals surface area contributed by atoms with Gasteiger partial charge in [0.2, 0.25) is 0 Å². The number of esters is 1. The van der Waals surface area contributed by atoms with Gasteiger partial charge in [-0.25, -0.2) is 13.6 Å². The number of aliphatic carboxylic acids is 1. The number of carbonyl (C=O) groups is 4. The fourth-order valence-electron chi connectivity index (χ4n) is 10.8. The molecule has 0 heterocycles. The number of carboxylic acid groups (broad SMARTS) is 1. The van der Waals surface area contributed by atoms with Gasteiger partial charge in [-0.05, 0) is 124 Å². The average Bonchev–Trinajstić information content (AvgIpc) is 3.37. The van der Waals surface area contributed by atoms with Crippen LogP contribution in [0.2, 0.25) is 0 Å². The van der Waals surface area contributed by atoms with Crippen molar-refractivity contribution in [2.24, 2.45) is 39.9 Å². The average molecular weight is 779 g/mol. The van der Waals surface area contributed by atoms with Crippen LogP contribution < -0.4 is 0 Å². The second-order valence-corrected chi connectivity index (χ2v) is 18.1. The predicted molar refractivity (Wildman–Crippen MR) is 216 cm³/mol. The van der Waals surface area contributed by atoms with E-state index in [4.69, 9.17) is 9.84 Å². The quantitative estimate of drug-likeness (QED) is 0.122. The molecule has 5 aliphatic rings. The monoisotopic (exact) mass is 778 g/mol. The molecule has 0 aliphatic heterocycles. The second kappa shape index (κ2) is 17.8. The fourth-order valence-corrected chi connectivity index (χ4v) is 10.8. The van der Waals surface area contributed by atoms with E-state index in [0.29, 0.717) is 12.8 Å². The molecule has 7 nitrogen and oxygen atoms in total. The molecule has 0 aromatic heterocycles. The fraction of sp³-hybridized carbons (Fsp3) is 0.617. The maximum atomic E-state index is 17.1. The number of alkyl halides is 2. The van der Waals surface area contributed by atoms with Crippen molar-refractivity contribution in [3.8, 4) is 0 Å². The molecule has 0 aromatic rings. The van der Waals surface area contributed by atoms with Gasteiger partial charge in [-0.1, -0.05) is 88.6 Å². The van der Waals surface area contributed by atoms with E-state index < -0.39 is 52.5 Å². The molecule has 2 N–H and O–H groups in total. The largest absolute Gasteiger partial charge is 0.478 e. The van der Waals surface area contributed by atoms with E-state index in [1.807, 2.05) is 32.9 Å². The number of Topliss-reactive ketones (excluding diaryl/α,β-unsaturated/α-hetero) is 1. The summed E-state index contributed by atoms with van der Waals surface area (Å²) in [5, 5.41) is 19.9. The normalized spacial score (nSPS) is 35.4. The van der Waals surface area contributed by atoms with Gasteiger partial charge in [-0.2, -0.15) is 0 Å². The molecule has 0 spiro atoms. The Balaban J connectivity index is 0.000000275. The zero-order chi connectivity index (χ0) is 41.8. The summed E-state index contributed by atoms with van der Waals surface area (Å²) in [4.78, 5) is 47.6. The van der Waals surface area contributed by atoms with Gasteiger partial charge in [0.05, 0.1) is 6.10 Å². The molecule has 5 rings (SSSR count). The van der Waals surface area contributed by atoms with Crippen LogP contribution in [0.15, 0.2) is 82.5 Å². The molecule has 9 heteroatoms. The van der Waals surface area contributed by atoms with E-state index in [1.165, 1.54) is 54.7 Å². The van der Waals surface area contributed by atoms with Crippen LogP contribution in [-0.2, 0) is 23.9 Å². The van der Waals surface area contributed by atoms with Gasteiger partial charge in [0, 0.05) is 29.7 Å². The number of fused-ring (bicyclic) bond motifs is 5. The van der Waals surface area contributed by atoms with Crippen molar-refractivity contribution in [1.82, 2.24) is 0 Å². The third kappa shape index (κ3) is 9.19. The molecular weight excluding hydrogens is 715 g/mol. The highest BCUT2D eigenvalue weighted by Crippen LogP contribution is 2.70. The summed E-state index contributed by atoms with van der Waals surface area (Å²) < 4.78 is 37.7. The molecule has 0 aromatic carbocycles. The first-order chi connectivity index (χ1) is 26.1. The first kappa shape index (κ1) is 45.0. The lowest BCUT2D eigenvalue weighted by Crippen LogP contribution is -2.68. The summed E-state index contributed by atoms with van der Waals surface area (Å²) in [6, 6.07) is 0. The number of rotatable bonds is 11. The number of hydrogen-bond acceptors (Lipinski definition) is 6. The van der Waals surface area contributed by atoms with Gasteiger partial charge in [0.1, 0.15) is 12.8 Å². The second-order valence-electron chi connectivity index (χ2n) is 18.1. The van der Waals surface area contributed by atoms with Crippen LogP contribution in [0.25, 0.3) is 0 Å². The van der Waals surface area contributed by atoms with E-state index in [1.54, 1.807) is 19.9 Å². The standard InChI is InChI=1S/C27H36F2O5.C20H28O2/c1-5-6-7-23(33)34-14-21(31)24-15(2)10-17-18-12-20(28)19-11-16(30)8-9-26(19,4)27(18,29)22(32)13-25(17,24)3;1-15(8-6-9-16(2)14-19(21)22)11-12-18-17(3)10-7-13-20(18,4)5/h8-9,11,15,17-18,20,22,24,32H,5-7,10,12-14H2,1-4H3;6,8-9,11-12,14H,7,10,13H2,1-5H3,(H,21,22)/b;9-6+,12-11+,15-8+,16-14+/t15-,17+,18+,20+,22+,24-,25+,26+,27+;/m1./s1. The molecule has 308 valence electrons. The Hall–Kier alpha value is -3.72. The molecular formula is C47H64F2O7. The van der Waals surface area contributed by atoms with Crippen LogP contribution in [0.1, 0.15) is 120 Å². The zero-order valence-corrected chi connectivity index (χ0v) is 34.9. The molecule has 3 saturated carbocycles. The molecule has 9 atom stereocenters. The van der Waals surface area contributed by atoms with E-state index in [0.717, 1.165) is 17.6 Å². The van der Waals surface area contributed by atoms with Crippen molar-refractivity contribution in [1.29, 1.82) is 0 Å². The van der Waals surface area contributed by atoms with Crippen LogP contribution in [0.5, 0.6) is 0 Å². The Morgan fingerprint density at radius 1 is 1.05 bits per heavy atom. The highest BCUT2D eigenvalue weighted by atomic mass is 19.1. The Morgan fingerprint density at radius 3 is 2.39 bits per heavy atom. The van der Waals surface area contributed by atoms with Crippen molar-refractivity contribution in [2.45, 2.75) is 138 Å². The van der Waals surface area contributed by atoms with Gasteiger partial charge in [-0.3, -0.25) is 14.4 Å². The summed E-state index contributed by atoms with van der Waals surface area (Å²) in [5.74, 6) is -3.66. The van der Waals surface area contributed by atoms with Gasteiger partial charge in [-0.15, -0.1) is 0 Å². The van der Waals surface area contributed by atoms with Crippen LogP contribution >= 0.6 is 0 Å². The Bertz CT molecular complexity index is 1760. The number of ketones is 2. The Kier molecular flexibility index (Phi) is 14.3. The molecule has 3 fully saturated rings. The number of allylic oxidation sites excluding steroid dienone is 13. The first-order valence-corrected chi connectivity index (χ1v) is 20.4. The number of halogens is 2. The molecule has 0 saturated heterocycles. The van der Waals surface area contributed by atoms with Crippen molar-refractivity contribution in [3.63, 3.8) is 0 Å². The van der Waals surface area contributed by atoms with E-state index in [9.17, 15) is 24.3 Å². The highest BCUT2D eigenvalue weighted by molar-refractivity contribution is 6.01. The summed E-state index contributed by atoms with van der Waals surface area (Å²) in [6.07, 6.45) is 18.2. The van der Waals surface area contributed by atoms with Crippen molar-refractivity contribution >= 4 is 23.5 Å². The predicted octanol–water partition coefficient (Wildman–Crippen LogP) is 10.1. The maximum Gasteiger partial charge on any atom is 0.328 e. The number of carbonyl (C=O) groups excluding carboxylic acids is 3. The molecule has 56 heavy (non-hydrogen) atoms. The molecule has 0 bridgehead atoms. The van der Waals surface area contributed by atoms with Gasteiger partial charge in [0.15, 0.2) is 17.2 Å². The smallest absolute Gasteiger partial charge is 0.328 e. The van der Waals surface area contributed by atoms with Crippen molar-refractivity contribution in [2.75, 3.05) is 6.61 Å². The maximum absolute atomic E-state index is 17.1. The zero-order valence-electron chi connectivity index (χ0n) is 34.9. The lowest BCUT2D eigenvalue weighted by atomic mass is 9.45. The lowest BCUT2D eigenvalue weighted by molar-refractivity contribution is -0.202. The number of aliphatic hydroxyl groups excluding tert-OH is 1. The summed E-state index contributed by atoms with van der Waals surface area (Å²) in [5.41, 5.74) is 0.880. The number of ether oxygens (including phenoxy) is 1. The van der Waals surface area contributed by atoms with Gasteiger partial charge in [0.25, 0.3) is 0 Å². The van der Waals surface area contributed by atoms with E-state index in [2.05, 4.69) is 39.8 Å². The van der Waals surface area contributed by atoms with Crippen molar-refractivity contribution < 1.29 is 42.9 Å². The SMILES string of the molecule is CC1=C(/C=C/C(C)=C/C=C/C(C)=C/C(=O)O)C(C)(C)CCC1.CCCCC(=O)OCC(=O)[C@H]1[C@H](C)C[C@H]2[C@@H]3C[C@H](F)C4=CC(=O)C=C[C@]4(C)[C@@]3(F)[C@@H](O)C[C@@]21C. The first-order valence-electron chi connectivity index (χ1n) is 20.4. The van der Waals surface area contributed by atoms with E-state index >= 15 is 8.78 Å². The minimum absolute atomic E-state index is 0.0524. The number of hydrogen-bond donors (Lipinski definition) is 2. The van der Waals surface area contributed by atoms with Crippen molar-refractivity contribution in [3.05, 3.63) is 82.5 Å². The highest BCUT2D eigenvalue weighted by Gasteiger charge is 2.73. The third-order valence-corrected chi connectivity index (χ3v) is 13.5. The minimum atomic E-state index is -2.15. The van der Waals surface area contributed by atoms with Crippen LogP contribution in [-0.4, -0.2) is 58.3 Å². The number of unbranched alkanes of at least 4 members (excludes halogenated alkanes) is 1. The van der Waals surface area contributed by atoms with Crippen LogP contribution in [0, 0.1) is 39.9 Å². The molecule has 5 aliphatic carbocycles. The van der Waals surface area contributed by atoms with E-state index in [-0.39, 0.29) is 60.3 Å². The summed E-state index contributed by atoms with van der Waals surface area (Å²) >= 11 is 0.